The minimum Gasteiger partial charge on any atom is -0.480 e. The predicted octanol–water partition coefficient (Wildman–Crippen LogP) is 5.21. The van der Waals surface area contributed by atoms with E-state index in [2.05, 4.69) is 20.8 Å². The maximum atomic E-state index is 13.4. The Labute approximate surface area is 192 Å². The van der Waals surface area contributed by atoms with Crippen LogP contribution in [0.5, 0.6) is 0 Å². The number of carboxylic acid groups (broad SMARTS) is 1. The lowest BCUT2D eigenvalue weighted by molar-refractivity contribution is -0.140. The molecule has 0 saturated carbocycles. The van der Waals surface area contributed by atoms with Crippen molar-refractivity contribution in [2.75, 3.05) is 5.32 Å². The van der Waals surface area contributed by atoms with Crippen molar-refractivity contribution < 1.29 is 18.8 Å². The highest BCUT2D eigenvalue weighted by molar-refractivity contribution is 7.80. The summed E-state index contributed by atoms with van der Waals surface area (Å²) < 4.78 is 19.4. The van der Waals surface area contributed by atoms with Gasteiger partial charge in [0.25, 0.3) is 0 Å². The van der Waals surface area contributed by atoms with Gasteiger partial charge in [-0.15, -0.1) is 0 Å². The van der Waals surface area contributed by atoms with Crippen LogP contribution in [-0.2, 0) is 4.79 Å². The number of carboxylic acids is 1. The molecule has 164 valence electrons. The van der Waals surface area contributed by atoms with Crippen LogP contribution in [0.1, 0.15) is 19.6 Å². The first-order valence-corrected chi connectivity index (χ1v) is 11.0. The lowest BCUT2D eigenvalue weighted by atomic mass is 10.0. The number of nitrogens with zero attached hydrogens (tertiary/aromatic N) is 2. The number of hydrogen-bond acceptors (Lipinski definition) is 7. The summed E-state index contributed by atoms with van der Waals surface area (Å²) >= 11 is 6.65. The SMILES string of the molecule is CC(C)[C@H](NC(=S)c1cc(-c2ccc(Nc3nc4ccc(F)cc4s3)cc2)no1)C(=O)O. The minimum absolute atomic E-state index is 0.151. The average Bonchev–Trinajstić information content (AvgIpc) is 3.38. The van der Waals surface area contributed by atoms with E-state index >= 15 is 0 Å². The zero-order chi connectivity index (χ0) is 22.8. The van der Waals surface area contributed by atoms with Gasteiger partial charge in [0.05, 0.1) is 10.2 Å². The molecule has 0 amide bonds. The zero-order valence-electron chi connectivity index (χ0n) is 17.1. The monoisotopic (exact) mass is 470 g/mol. The number of halogens is 1. The van der Waals surface area contributed by atoms with Gasteiger partial charge in [0.2, 0.25) is 0 Å². The largest absolute Gasteiger partial charge is 0.480 e. The molecule has 2 aromatic heterocycles. The number of aliphatic carboxylic acids is 1. The molecule has 1 atom stereocenters. The van der Waals surface area contributed by atoms with Crippen LogP contribution in [0.2, 0.25) is 0 Å². The fraction of sp³-hybridized carbons (Fsp3) is 0.182. The molecule has 3 N–H and O–H groups in total. The normalized spacial score (nSPS) is 12.1. The predicted molar refractivity (Wildman–Crippen MR) is 126 cm³/mol. The molecule has 0 aliphatic rings. The number of rotatable bonds is 7. The molecule has 4 rings (SSSR count). The maximum absolute atomic E-state index is 13.4. The molecule has 0 fully saturated rings. The number of thiocarbonyl (C=S) groups is 1. The number of benzene rings is 2. The maximum Gasteiger partial charge on any atom is 0.326 e. The topological polar surface area (TPSA) is 100 Å². The van der Waals surface area contributed by atoms with E-state index in [1.165, 1.54) is 23.5 Å². The van der Waals surface area contributed by atoms with Crippen LogP contribution in [0, 0.1) is 11.7 Å². The lowest BCUT2D eigenvalue weighted by Crippen LogP contribution is -2.43. The van der Waals surface area contributed by atoms with Crippen molar-refractivity contribution in [2.24, 2.45) is 5.92 Å². The van der Waals surface area contributed by atoms with Crippen molar-refractivity contribution in [1.29, 1.82) is 0 Å². The Hall–Kier alpha value is -3.37. The Morgan fingerprint density at radius 2 is 1.94 bits per heavy atom. The highest BCUT2D eigenvalue weighted by Crippen LogP contribution is 2.29. The molecule has 0 aliphatic carbocycles. The lowest BCUT2D eigenvalue weighted by Gasteiger charge is -2.18. The Bertz CT molecular complexity index is 1280. The summed E-state index contributed by atoms with van der Waals surface area (Å²) in [5.41, 5.74) is 2.93. The first kappa shape index (κ1) is 21.8. The first-order valence-electron chi connectivity index (χ1n) is 9.74. The third-order valence-electron chi connectivity index (χ3n) is 4.74. The molecule has 2 aromatic carbocycles. The van der Waals surface area contributed by atoms with Crippen LogP contribution in [0.15, 0.2) is 53.1 Å². The van der Waals surface area contributed by atoms with Gasteiger partial charge in [0, 0.05) is 17.3 Å². The van der Waals surface area contributed by atoms with E-state index in [0.717, 1.165) is 21.5 Å². The molecule has 32 heavy (non-hydrogen) atoms. The minimum atomic E-state index is -0.983. The highest BCUT2D eigenvalue weighted by atomic mass is 32.1. The Kier molecular flexibility index (Phi) is 6.15. The van der Waals surface area contributed by atoms with E-state index in [-0.39, 0.29) is 16.7 Å². The van der Waals surface area contributed by atoms with Gasteiger partial charge >= 0.3 is 5.97 Å². The summed E-state index contributed by atoms with van der Waals surface area (Å²) in [4.78, 5) is 16.0. The summed E-state index contributed by atoms with van der Waals surface area (Å²) in [7, 11) is 0. The number of aromatic nitrogens is 2. The van der Waals surface area contributed by atoms with Crippen LogP contribution in [-0.4, -0.2) is 32.2 Å². The Morgan fingerprint density at radius 1 is 1.19 bits per heavy atom. The van der Waals surface area contributed by atoms with Crippen molar-refractivity contribution in [3.05, 3.63) is 60.1 Å². The molecular weight excluding hydrogens is 451 g/mol. The molecule has 0 aliphatic heterocycles. The molecule has 0 spiro atoms. The van der Waals surface area contributed by atoms with E-state index in [9.17, 15) is 14.3 Å². The number of fused-ring (bicyclic) bond motifs is 1. The third kappa shape index (κ3) is 4.76. The number of anilines is 2. The molecule has 7 nitrogen and oxygen atoms in total. The van der Waals surface area contributed by atoms with Gasteiger partial charge < -0.3 is 20.3 Å². The van der Waals surface area contributed by atoms with Gasteiger partial charge in [0.1, 0.15) is 22.5 Å². The fourth-order valence-electron chi connectivity index (χ4n) is 3.04. The number of hydrogen-bond donors (Lipinski definition) is 3. The average molecular weight is 471 g/mol. The van der Waals surface area contributed by atoms with E-state index in [1.54, 1.807) is 26.0 Å². The first-order chi connectivity index (χ1) is 15.3. The standard InChI is InChI=1S/C22H19FN4O3S2/c1-11(2)19(21(28)29)26-20(31)17-10-16(27-30-17)12-3-6-14(7-4-12)24-22-25-15-8-5-13(23)9-18(15)32-22/h3-11,19H,1-2H3,(H,24,25)(H,26,31)(H,28,29)/t19-/m0/s1. The molecule has 10 heteroatoms. The smallest absolute Gasteiger partial charge is 0.326 e. The zero-order valence-corrected chi connectivity index (χ0v) is 18.8. The molecule has 2 heterocycles. The van der Waals surface area contributed by atoms with Gasteiger partial charge in [-0.25, -0.2) is 14.2 Å². The van der Waals surface area contributed by atoms with Crippen molar-refractivity contribution >= 4 is 55.5 Å². The van der Waals surface area contributed by atoms with E-state index < -0.39 is 12.0 Å². The highest BCUT2D eigenvalue weighted by Gasteiger charge is 2.24. The van der Waals surface area contributed by atoms with Crippen molar-refractivity contribution in [2.45, 2.75) is 19.9 Å². The van der Waals surface area contributed by atoms with E-state index in [0.29, 0.717) is 16.6 Å². The quantitative estimate of drug-likeness (QED) is 0.317. The van der Waals surface area contributed by atoms with Crippen LogP contribution < -0.4 is 10.6 Å². The van der Waals surface area contributed by atoms with Crippen molar-refractivity contribution in [3.63, 3.8) is 0 Å². The van der Waals surface area contributed by atoms with Crippen LogP contribution >= 0.6 is 23.6 Å². The number of nitrogens with one attached hydrogen (secondary N) is 2. The van der Waals surface area contributed by atoms with Gasteiger partial charge in [0.15, 0.2) is 10.9 Å². The van der Waals surface area contributed by atoms with Gasteiger partial charge in [-0.05, 0) is 36.2 Å². The number of carbonyl (C=O) groups is 1. The van der Waals surface area contributed by atoms with Crippen LogP contribution in [0.4, 0.5) is 15.2 Å². The molecule has 0 unspecified atom stereocenters. The van der Waals surface area contributed by atoms with Crippen LogP contribution in [0.25, 0.3) is 21.5 Å². The summed E-state index contributed by atoms with van der Waals surface area (Å²) in [5.74, 6) is -1.13. The number of thiazole rings is 1. The Morgan fingerprint density at radius 3 is 2.62 bits per heavy atom. The van der Waals surface area contributed by atoms with Gasteiger partial charge in [-0.3, -0.25) is 0 Å². The van der Waals surface area contributed by atoms with Gasteiger partial charge in [-0.1, -0.05) is 54.7 Å². The molecular formula is C22H19FN4O3S2. The summed E-state index contributed by atoms with van der Waals surface area (Å²) in [6.45, 7) is 3.59. The Balaban J connectivity index is 1.45. The molecule has 4 aromatic rings. The summed E-state index contributed by atoms with van der Waals surface area (Å²) in [5, 5.41) is 20.0. The second kappa shape index (κ2) is 9.01. The van der Waals surface area contributed by atoms with Crippen LogP contribution in [0.3, 0.4) is 0 Å². The summed E-state index contributed by atoms with van der Waals surface area (Å²) in [6, 6.07) is 12.8. The third-order valence-corrected chi connectivity index (χ3v) is 5.99. The fourth-order valence-corrected chi connectivity index (χ4v) is 4.18. The molecule has 0 bridgehead atoms. The van der Waals surface area contributed by atoms with E-state index in [1.807, 2.05) is 24.3 Å². The molecule has 0 radical (unpaired) electrons. The molecule has 0 saturated heterocycles. The van der Waals surface area contributed by atoms with E-state index in [4.69, 9.17) is 16.7 Å². The van der Waals surface area contributed by atoms with Crippen molar-refractivity contribution in [3.8, 4) is 11.3 Å². The second-order valence-corrected chi connectivity index (χ2v) is 8.88. The van der Waals surface area contributed by atoms with Gasteiger partial charge in [-0.2, -0.15) is 0 Å². The second-order valence-electron chi connectivity index (χ2n) is 7.44. The van der Waals surface area contributed by atoms with Crippen molar-refractivity contribution in [1.82, 2.24) is 15.5 Å². The summed E-state index contributed by atoms with van der Waals surface area (Å²) in [6.07, 6.45) is 0.